The molecule has 8 nitrogen and oxygen atoms in total. The number of aromatic nitrogens is 2. The predicted octanol–water partition coefficient (Wildman–Crippen LogP) is 2.47. The van der Waals surface area contributed by atoms with Crippen LogP contribution in [0, 0.1) is 5.82 Å². The van der Waals surface area contributed by atoms with Crippen LogP contribution in [0.4, 0.5) is 21.7 Å². The number of thioether (sulfide) groups is 1. The Morgan fingerprint density at radius 1 is 1.36 bits per heavy atom. The SMILES string of the molecule is CCCSc1nc(NCCc2ccc(F)c(P)c2)c(N)c(N(N)C2CCC(OCCO)C2)n1. The van der Waals surface area contributed by atoms with E-state index in [9.17, 15) is 4.39 Å². The number of nitrogen functional groups attached to an aromatic ring is 1. The number of anilines is 3. The second-order valence-electron chi connectivity index (χ2n) is 8.06. The lowest BCUT2D eigenvalue weighted by Gasteiger charge is -2.27. The van der Waals surface area contributed by atoms with Crippen LogP contribution in [0.25, 0.3) is 0 Å². The van der Waals surface area contributed by atoms with Crippen molar-refractivity contribution in [2.75, 3.05) is 41.6 Å². The molecule has 0 aliphatic heterocycles. The molecule has 33 heavy (non-hydrogen) atoms. The minimum atomic E-state index is -0.238. The second kappa shape index (κ2) is 12.7. The quantitative estimate of drug-likeness (QED) is 0.115. The summed E-state index contributed by atoms with van der Waals surface area (Å²) in [6.07, 6.45) is 4.25. The van der Waals surface area contributed by atoms with Crippen LogP contribution in [0.1, 0.15) is 38.2 Å². The highest BCUT2D eigenvalue weighted by atomic mass is 32.2. The molecular weight excluding hydrogens is 462 g/mol. The van der Waals surface area contributed by atoms with Gasteiger partial charge in [0.05, 0.1) is 19.3 Å². The van der Waals surface area contributed by atoms with E-state index in [1.165, 1.54) is 6.07 Å². The molecule has 1 aliphatic rings. The second-order valence-corrected chi connectivity index (χ2v) is 9.75. The van der Waals surface area contributed by atoms with Crippen LogP contribution in [-0.2, 0) is 11.2 Å². The Morgan fingerprint density at radius 2 is 2.18 bits per heavy atom. The number of aliphatic hydroxyl groups excluding tert-OH is 1. The summed E-state index contributed by atoms with van der Waals surface area (Å²) in [5.41, 5.74) is 7.87. The number of hydrogen-bond acceptors (Lipinski definition) is 9. The number of nitrogens with two attached hydrogens (primary N) is 2. The first-order valence-corrected chi connectivity index (χ1v) is 12.8. The molecule has 1 aliphatic carbocycles. The number of hydrogen-bond donors (Lipinski definition) is 4. The molecule has 3 rings (SSSR count). The zero-order chi connectivity index (χ0) is 23.8. The Kier molecular flexibility index (Phi) is 9.94. The van der Waals surface area contributed by atoms with Crippen molar-refractivity contribution in [1.29, 1.82) is 0 Å². The lowest BCUT2D eigenvalue weighted by Crippen LogP contribution is -2.41. The normalized spacial score (nSPS) is 18.0. The van der Waals surface area contributed by atoms with Gasteiger partial charge in [-0.15, -0.1) is 9.24 Å². The Balaban J connectivity index is 1.73. The molecule has 1 fully saturated rings. The fourth-order valence-corrected chi connectivity index (χ4v) is 4.82. The summed E-state index contributed by atoms with van der Waals surface area (Å²) < 4.78 is 19.2. The molecule has 3 unspecified atom stereocenters. The van der Waals surface area contributed by atoms with Crippen molar-refractivity contribution < 1.29 is 14.2 Å². The van der Waals surface area contributed by atoms with Crippen molar-refractivity contribution in [3.05, 3.63) is 29.6 Å². The third kappa shape index (κ3) is 7.13. The Bertz CT molecular complexity index is 925. The van der Waals surface area contributed by atoms with Crippen molar-refractivity contribution in [2.45, 2.75) is 56.3 Å². The van der Waals surface area contributed by atoms with Gasteiger partial charge in [0, 0.05) is 23.6 Å². The molecule has 0 saturated heterocycles. The van der Waals surface area contributed by atoms with E-state index in [1.807, 2.05) is 6.07 Å². The van der Waals surface area contributed by atoms with Gasteiger partial charge in [0.2, 0.25) is 0 Å². The molecule has 1 aromatic heterocycles. The van der Waals surface area contributed by atoms with E-state index in [4.69, 9.17) is 21.4 Å². The molecule has 1 saturated carbocycles. The van der Waals surface area contributed by atoms with Crippen LogP contribution < -0.4 is 27.2 Å². The van der Waals surface area contributed by atoms with Gasteiger partial charge in [0.1, 0.15) is 11.5 Å². The van der Waals surface area contributed by atoms with Gasteiger partial charge in [-0.1, -0.05) is 24.8 Å². The molecule has 0 radical (unpaired) electrons. The molecule has 11 heteroatoms. The number of nitrogens with one attached hydrogen (secondary N) is 1. The minimum absolute atomic E-state index is 0.00966. The lowest BCUT2D eigenvalue weighted by atomic mass is 10.1. The predicted molar refractivity (Wildman–Crippen MR) is 137 cm³/mol. The van der Waals surface area contributed by atoms with Crippen molar-refractivity contribution >= 4 is 43.6 Å². The maximum Gasteiger partial charge on any atom is 0.191 e. The Morgan fingerprint density at radius 3 is 2.91 bits per heavy atom. The summed E-state index contributed by atoms with van der Waals surface area (Å²) in [6.45, 7) is 3.03. The van der Waals surface area contributed by atoms with Crippen molar-refractivity contribution in [3.8, 4) is 0 Å². The van der Waals surface area contributed by atoms with Gasteiger partial charge in [0.25, 0.3) is 0 Å². The summed E-state index contributed by atoms with van der Waals surface area (Å²) in [4.78, 5) is 9.27. The number of rotatable bonds is 12. The minimum Gasteiger partial charge on any atom is -0.394 e. The van der Waals surface area contributed by atoms with Crippen LogP contribution in [0.3, 0.4) is 0 Å². The molecule has 0 spiro atoms. The third-order valence-electron chi connectivity index (χ3n) is 5.55. The van der Waals surface area contributed by atoms with Crippen molar-refractivity contribution in [3.63, 3.8) is 0 Å². The lowest BCUT2D eigenvalue weighted by molar-refractivity contribution is 0.0322. The topological polar surface area (TPSA) is 123 Å². The number of aliphatic hydroxyl groups is 1. The van der Waals surface area contributed by atoms with E-state index in [0.717, 1.165) is 37.0 Å². The first-order chi connectivity index (χ1) is 15.9. The standard InChI is InChI=1S/C22H34FN6O2PS/c1-2-11-33-22-27-20(26-8-7-14-3-6-17(23)18(32)12-14)19(24)21(28-22)29(25)15-4-5-16(13-15)31-10-9-30/h3,6,12,15-16,30H,2,4-5,7-11,13,24-25,32H2,1H3,(H,26,27,28). The summed E-state index contributed by atoms with van der Waals surface area (Å²) in [5.74, 6) is 8.20. The number of ether oxygens (including phenoxy) is 1. The van der Waals surface area contributed by atoms with Gasteiger partial charge < -0.3 is 20.9 Å². The average molecular weight is 497 g/mol. The Hall–Kier alpha value is -1.71. The third-order valence-corrected chi connectivity index (χ3v) is 7.04. The maximum absolute atomic E-state index is 13.5. The summed E-state index contributed by atoms with van der Waals surface area (Å²) in [6, 6.07) is 5.11. The highest BCUT2D eigenvalue weighted by Gasteiger charge is 2.31. The average Bonchev–Trinajstić information content (AvgIpc) is 3.28. The van der Waals surface area contributed by atoms with Crippen LogP contribution in [-0.4, -0.2) is 52.7 Å². The van der Waals surface area contributed by atoms with Crippen LogP contribution in [0.5, 0.6) is 0 Å². The van der Waals surface area contributed by atoms with Gasteiger partial charge in [-0.2, -0.15) is 0 Å². The van der Waals surface area contributed by atoms with Gasteiger partial charge in [0.15, 0.2) is 16.8 Å². The fraction of sp³-hybridized carbons (Fsp3) is 0.545. The van der Waals surface area contributed by atoms with E-state index >= 15 is 0 Å². The van der Waals surface area contributed by atoms with E-state index in [1.54, 1.807) is 22.8 Å². The zero-order valence-electron chi connectivity index (χ0n) is 19.0. The van der Waals surface area contributed by atoms with E-state index in [0.29, 0.717) is 47.4 Å². The monoisotopic (exact) mass is 496 g/mol. The fourth-order valence-electron chi connectivity index (χ4n) is 3.81. The summed E-state index contributed by atoms with van der Waals surface area (Å²) in [5, 5.41) is 15.1. The molecule has 2 aromatic rings. The highest BCUT2D eigenvalue weighted by Crippen LogP contribution is 2.34. The summed E-state index contributed by atoms with van der Waals surface area (Å²) in [7, 11) is 2.41. The van der Waals surface area contributed by atoms with E-state index < -0.39 is 0 Å². The zero-order valence-corrected chi connectivity index (χ0v) is 20.9. The number of benzene rings is 1. The molecule has 6 N–H and O–H groups in total. The van der Waals surface area contributed by atoms with Crippen LogP contribution in [0.2, 0.25) is 0 Å². The van der Waals surface area contributed by atoms with Crippen molar-refractivity contribution in [1.82, 2.24) is 9.97 Å². The van der Waals surface area contributed by atoms with Gasteiger partial charge in [-0.05, 0) is 49.8 Å². The molecule has 0 amide bonds. The maximum atomic E-state index is 13.5. The number of hydrazine groups is 1. The Labute approximate surface area is 201 Å². The highest BCUT2D eigenvalue weighted by molar-refractivity contribution is 7.99. The van der Waals surface area contributed by atoms with E-state index in [-0.39, 0.29) is 24.6 Å². The smallest absolute Gasteiger partial charge is 0.191 e. The van der Waals surface area contributed by atoms with Gasteiger partial charge >= 0.3 is 0 Å². The molecular formula is C22H34FN6O2PS. The molecule has 182 valence electrons. The first kappa shape index (κ1) is 25.9. The molecule has 1 heterocycles. The van der Waals surface area contributed by atoms with Crippen LogP contribution >= 0.6 is 21.0 Å². The van der Waals surface area contributed by atoms with Gasteiger partial charge in [-0.25, -0.2) is 20.2 Å². The number of halogens is 1. The van der Waals surface area contributed by atoms with Crippen molar-refractivity contribution in [2.24, 2.45) is 5.84 Å². The largest absolute Gasteiger partial charge is 0.394 e. The first-order valence-electron chi connectivity index (χ1n) is 11.3. The number of nitrogens with zero attached hydrogens (tertiary/aromatic N) is 3. The molecule has 0 bridgehead atoms. The summed E-state index contributed by atoms with van der Waals surface area (Å²) >= 11 is 1.57. The van der Waals surface area contributed by atoms with Gasteiger partial charge in [-0.3, -0.25) is 5.01 Å². The van der Waals surface area contributed by atoms with E-state index in [2.05, 4.69) is 31.4 Å². The van der Waals surface area contributed by atoms with Crippen LogP contribution in [0.15, 0.2) is 23.4 Å². The molecule has 1 aromatic carbocycles. The molecule has 3 atom stereocenters.